The lowest BCUT2D eigenvalue weighted by Gasteiger charge is -2.03. The van der Waals surface area contributed by atoms with Gasteiger partial charge in [-0.1, -0.05) is 24.8 Å². The first-order valence-electron chi connectivity index (χ1n) is 5.29. The van der Waals surface area contributed by atoms with Crippen molar-refractivity contribution >= 4 is 16.9 Å². The lowest BCUT2D eigenvalue weighted by Crippen LogP contribution is -2.10. The van der Waals surface area contributed by atoms with Crippen molar-refractivity contribution in [3.05, 3.63) is 43.0 Å². The number of carbonyl (C=O) groups is 1. The molecule has 88 valence electrons. The summed E-state index contributed by atoms with van der Waals surface area (Å²) in [6.45, 7) is 3.83. The van der Waals surface area contributed by atoms with Gasteiger partial charge in [-0.2, -0.15) is 0 Å². The molecule has 2 rings (SSSR count). The summed E-state index contributed by atoms with van der Waals surface area (Å²) in [6.07, 6.45) is 1.13. The second-order valence-corrected chi connectivity index (χ2v) is 3.44. The number of ether oxygens (including phenoxy) is 2. The summed E-state index contributed by atoms with van der Waals surface area (Å²) < 4.78 is 10.2. The van der Waals surface area contributed by atoms with Gasteiger partial charge in [0, 0.05) is 23.0 Å². The van der Waals surface area contributed by atoms with Crippen molar-refractivity contribution in [3.8, 4) is 5.88 Å². The molecule has 0 fully saturated rings. The number of nitrogens with one attached hydrogen (secondary N) is 1. The van der Waals surface area contributed by atoms with Gasteiger partial charge in [-0.25, -0.2) is 4.79 Å². The fourth-order valence-electron chi connectivity index (χ4n) is 1.48. The number of hydrogen-bond acceptors (Lipinski definition) is 3. The zero-order valence-corrected chi connectivity index (χ0v) is 9.31. The Morgan fingerprint density at radius 2 is 2.18 bits per heavy atom. The molecule has 0 spiro atoms. The van der Waals surface area contributed by atoms with Gasteiger partial charge in [0.2, 0.25) is 0 Å². The molecule has 0 aliphatic carbocycles. The molecule has 0 bridgehead atoms. The molecule has 0 saturated carbocycles. The van der Waals surface area contributed by atoms with Crippen LogP contribution in [0.3, 0.4) is 0 Å². The molecule has 0 aliphatic rings. The second-order valence-electron chi connectivity index (χ2n) is 3.44. The zero-order chi connectivity index (χ0) is 12.1. The predicted octanol–water partition coefficient (Wildman–Crippen LogP) is 2.28. The van der Waals surface area contributed by atoms with E-state index in [1.807, 2.05) is 30.3 Å². The zero-order valence-electron chi connectivity index (χ0n) is 9.31. The van der Waals surface area contributed by atoms with Crippen molar-refractivity contribution in [2.24, 2.45) is 0 Å². The molecule has 17 heavy (non-hydrogen) atoms. The maximum atomic E-state index is 10.8. The van der Waals surface area contributed by atoms with Crippen molar-refractivity contribution < 1.29 is 14.3 Å². The first kappa shape index (κ1) is 11.3. The predicted molar refractivity (Wildman–Crippen MR) is 64.9 cm³/mol. The Balaban J connectivity index is 1.87. The molecule has 0 unspecified atom stereocenters. The summed E-state index contributed by atoms with van der Waals surface area (Å²) in [7, 11) is 0. The molecule has 4 heteroatoms. The van der Waals surface area contributed by atoms with Crippen LogP contribution in [0.4, 0.5) is 0 Å². The van der Waals surface area contributed by atoms with Gasteiger partial charge in [-0.05, 0) is 6.07 Å². The van der Waals surface area contributed by atoms with Crippen molar-refractivity contribution in [3.63, 3.8) is 0 Å². The monoisotopic (exact) mass is 231 g/mol. The lowest BCUT2D eigenvalue weighted by molar-refractivity contribution is -0.138. The van der Waals surface area contributed by atoms with E-state index in [9.17, 15) is 4.79 Å². The van der Waals surface area contributed by atoms with Gasteiger partial charge < -0.3 is 14.5 Å². The summed E-state index contributed by atoms with van der Waals surface area (Å²) in [5.74, 6) is 0.228. The number of benzene rings is 1. The molecule has 0 amide bonds. The number of aromatic nitrogens is 1. The Kier molecular flexibility index (Phi) is 3.45. The highest BCUT2D eigenvalue weighted by Gasteiger charge is 2.01. The number of hydrogen-bond donors (Lipinski definition) is 1. The van der Waals surface area contributed by atoms with Crippen molar-refractivity contribution in [1.29, 1.82) is 0 Å². The van der Waals surface area contributed by atoms with E-state index >= 15 is 0 Å². The number of rotatable bonds is 5. The first-order chi connectivity index (χ1) is 8.29. The topological polar surface area (TPSA) is 51.3 Å². The third kappa shape index (κ3) is 2.87. The van der Waals surface area contributed by atoms with Gasteiger partial charge in [0.25, 0.3) is 0 Å². The highest BCUT2D eigenvalue weighted by atomic mass is 16.6. The van der Waals surface area contributed by atoms with Gasteiger partial charge in [0.05, 0.1) is 0 Å². The molecule has 2 aromatic rings. The molecule has 4 nitrogen and oxygen atoms in total. The number of esters is 1. The molecule has 1 heterocycles. The Bertz CT molecular complexity index is 497. The van der Waals surface area contributed by atoms with Crippen LogP contribution in [0, 0.1) is 0 Å². The van der Waals surface area contributed by atoms with Gasteiger partial charge in [-0.15, -0.1) is 0 Å². The third-order valence-electron chi connectivity index (χ3n) is 2.26. The summed E-state index contributed by atoms with van der Waals surface area (Å²) in [4.78, 5) is 13.9. The van der Waals surface area contributed by atoms with E-state index in [4.69, 9.17) is 9.47 Å². The standard InChI is InChI=1S/C13H13NO3/c1-2-13(15)17-8-7-16-12-9-10-5-3-4-6-11(10)14-12/h2-6,9,14H,1,7-8H2. The normalized spacial score (nSPS) is 10.1. The van der Waals surface area contributed by atoms with E-state index in [1.165, 1.54) is 0 Å². The third-order valence-corrected chi connectivity index (χ3v) is 2.26. The van der Waals surface area contributed by atoms with Crippen LogP contribution in [0.1, 0.15) is 0 Å². The van der Waals surface area contributed by atoms with Gasteiger partial charge in [0.1, 0.15) is 13.2 Å². The molecular weight excluding hydrogens is 218 g/mol. The highest BCUT2D eigenvalue weighted by Crippen LogP contribution is 2.19. The minimum Gasteiger partial charge on any atom is -0.475 e. The van der Waals surface area contributed by atoms with Crippen LogP contribution in [-0.2, 0) is 9.53 Å². The summed E-state index contributed by atoms with van der Waals surface area (Å²) in [6, 6.07) is 9.79. The number of H-pyrrole nitrogens is 1. The average Bonchev–Trinajstić information content (AvgIpc) is 2.76. The summed E-state index contributed by atoms with van der Waals surface area (Å²) >= 11 is 0. The maximum absolute atomic E-state index is 10.8. The van der Waals surface area contributed by atoms with E-state index in [0.29, 0.717) is 12.5 Å². The first-order valence-corrected chi connectivity index (χ1v) is 5.29. The number of para-hydroxylation sites is 1. The number of aromatic amines is 1. The molecule has 0 aliphatic heterocycles. The van der Waals surface area contributed by atoms with Crippen LogP contribution in [0.25, 0.3) is 10.9 Å². The van der Waals surface area contributed by atoms with Crippen LogP contribution in [0.5, 0.6) is 5.88 Å². The molecule has 1 aromatic heterocycles. The molecule has 0 saturated heterocycles. The van der Waals surface area contributed by atoms with Gasteiger partial charge in [0.15, 0.2) is 5.88 Å². The Hall–Kier alpha value is -2.23. The number of carbonyl (C=O) groups excluding carboxylic acids is 1. The molecule has 0 radical (unpaired) electrons. The van der Waals surface area contributed by atoms with E-state index < -0.39 is 5.97 Å². The van der Waals surface area contributed by atoms with Crippen molar-refractivity contribution in [2.75, 3.05) is 13.2 Å². The fraction of sp³-hybridized carbons (Fsp3) is 0.154. The Morgan fingerprint density at radius 1 is 1.35 bits per heavy atom. The fourth-order valence-corrected chi connectivity index (χ4v) is 1.48. The minimum absolute atomic E-state index is 0.209. The lowest BCUT2D eigenvalue weighted by atomic mass is 10.3. The SMILES string of the molecule is C=CC(=O)OCCOc1cc2ccccc2[nH]1. The van der Waals surface area contributed by atoms with Crippen LogP contribution in [0.2, 0.25) is 0 Å². The van der Waals surface area contributed by atoms with Crippen LogP contribution >= 0.6 is 0 Å². The quantitative estimate of drug-likeness (QED) is 0.488. The van der Waals surface area contributed by atoms with Crippen LogP contribution in [-0.4, -0.2) is 24.2 Å². The Labute approximate surface area is 98.8 Å². The van der Waals surface area contributed by atoms with E-state index in [-0.39, 0.29) is 6.61 Å². The molecule has 1 N–H and O–H groups in total. The van der Waals surface area contributed by atoms with E-state index in [1.54, 1.807) is 0 Å². The second kappa shape index (κ2) is 5.21. The van der Waals surface area contributed by atoms with Crippen LogP contribution < -0.4 is 4.74 Å². The van der Waals surface area contributed by atoms with Gasteiger partial charge >= 0.3 is 5.97 Å². The highest BCUT2D eigenvalue weighted by molar-refractivity contribution is 5.81. The van der Waals surface area contributed by atoms with Crippen molar-refractivity contribution in [1.82, 2.24) is 4.98 Å². The van der Waals surface area contributed by atoms with Gasteiger partial charge in [-0.3, -0.25) is 0 Å². The molecule has 0 atom stereocenters. The summed E-state index contributed by atoms with van der Waals surface area (Å²) in [5, 5.41) is 1.09. The van der Waals surface area contributed by atoms with Crippen LogP contribution in [0.15, 0.2) is 43.0 Å². The van der Waals surface area contributed by atoms with E-state index in [2.05, 4.69) is 11.6 Å². The summed E-state index contributed by atoms with van der Waals surface area (Å²) in [5.41, 5.74) is 1.02. The minimum atomic E-state index is -0.440. The largest absolute Gasteiger partial charge is 0.475 e. The molecule has 1 aromatic carbocycles. The number of fused-ring (bicyclic) bond motifs is 1. The maximum Gasteiger partial charge on any atom is 0.330 e. The Morgan fingerprint density at radius 3 is 2.94 bits per heavy atom. The van der Waals surface area contributed by atoms with Crippen molar-refractivity contribution in [2.45, 2.75) is 0 Å². The molecular formula is C13H13NO3. The smallest absolute Gasteiger partial charge is 0.330 e. The average molecular weight is 231 g/mol. The van der Waals surface area contributed by atoms with E-state index in [0.717, 1.165) is 17.0 Å².